The van der Waals surface area contributed by atoms with Gasteiger partial charge in [-0.25, -0.2) is 9.59 Å². The van der Waals surface area contributed by atoms with Crippen molar-refractivity contribution in [2.75, 3.05) is 13.2 Å². The first-order valence-electron chi connectivity index (χ1n) is 7.70. The van der Waals surface area contributed by atoms with Crippen LogP contribution in [0.5, 0.6) is 11.5 Å². The van der Waals surface area contributed by atoms with E-state index >= 15 is 0 Å². The largest absolute Gasteiger partial charge is 0.489 e. The van der Waals surface area contributed by atoms with Crippen LogP contribution in [-0.2, 0) is 9.53 Å². The number of amides is 3. The standard InChI is InChI=1S/C16H19ClN2O6/c1-8(2)12(14(20)19-16(18)22)25-15(21)9-6-10(17)13-11(7-9)23-4-3-5-24-13/h6-8,12H,3-5H2,1-2H3,(H3,18,19,20,22)/t12-/m0/s1. The molecule has 0 spiro atoms. The minimum Gasteiger partial charge on any atom is -0.489 e. The fourth-order valence-electron chi connectivity index (χ4n) is 2.22. The number of hydrogen-bond donors (Lipinski definition) is 2. The molecule has 0 fully saturated rings. The first-order valence-corrected chi connectivity index (χ1v) is 8.07. The Balaban J connectivity index is 2.21. The minimum absolute atomic E-state index is 0.103. The average Bonchev–Trinajstić information content (AvgIpc) is 2.76. The van der Waals surface area contributed by atoms with Crippen LogP contribution in [0, 0.1) is 5.92 Å². The van der Waals surface area contributed by atoms with Crippen molar-refractivity contribution in [3.8, 4) is 11.5 Å². The van der Waals surface area contributed by atoms with Gasteiger partial charge in [-0.15, -0.1) is 0 Å². The van der Waals surface area contributed by atoms with Gasteiger partial charge < -0.3 is 19.9 Å². The molecule has 1 aliphatic rings. The van der Waals surface area contributed by atoms with E-state index in [0.717, 1.165) is 0 Å². The second-order valence-electron chi connectivity index (χ2n) is 5.76. The summed E-state index contributed by atoms with van der Waals surface area (Å²) in [6.07, 6.45) is -0.497. The van der Waals surface area contributed by atoms with Gasteiger partial charge in [0.25, 0.3) is 5.91 Å². The number of hydrogen-bond acceptors (Lipinski definition) is 6. The molecule has 0 saturated heterocycles. The molecule has 0 unspecified atom stereocenters. The molecule has 1 heterocycles. The highest BCUT2D eigenvalue weighted by Crippen LogP contribution is 2.38. The van der Waals surface area contributed by atoms with E-state index in [1.54, 1.807) is 13.8 Å². The predicted octanol–water partition coefficient (Wildman–Crippen LogP) is 1.88. The van der Waals surface area contributed by atoms with Crippen LogP contribution in [0.2, 0.25) is 5.02 Å². The van der Waals surface area contributed by atoms with E-state index < -0.39 is 24.0 Å². The Labute approximate surface area is 149 Å². The molecule has 3 amide bonds. The number of nitrogens with one attached hydrogen (secondary N) is 1. The van der Waals surface area contributed by atoms with Crippen molar-refractivity contribution in [3.05, 3.63) is 22.7 Å². The van der Waals surface area contributed by atoms with E-state index in [-0.39, 0.29) is 16.5 Å². The van der Waals surface area contributed by atoms with Crippen LogP contribution in [0.3, 0.4) is 0 Å². The number of benzene rings is 1. The van der Waals surface area contributed by atoms with Gasteiger partial charge in [0.15, 0.2) is 17.6 Å². The maximum atomic E-state index is 12.4. The minimum atomic E-state index is -1.19. The Morgan fingerprint density at radius 2 is 1.92 bits per heavy atom. The Morgan fingerprint density at radius 3 is 2.56 bits per heavy atom. The highest BCUT2D eigenvalue weighted by Gasteiger charge is 2.29. The number of fused-ring (bicyclic) bond motifs is 1. The molecule has 0 aliphatic carbocycles. The summed E-state index contributed by atoms with van der Waals surface area (Å²) in [7, 11) is 0. The third-order valence-electron chi connectivity index (χ3n) is 3.38. The smallest absolute Gasteiger partial charge is 0.339 e. The molecule has 0 radical (unpaired) electrons. The maximum absolute atomic E-state index is 12.4. The van der Waals surface area contributed by atoms with E-state index in [0.29, 0.717) is 31.1 Å². The van der Waals surface area contributed by atoms with Crippen LogP contribution < -0.4 is 20.5 Å². The Hall–Kier alpha value is -2.48. The van der Waals surface area contributed by atoms with Crippen molar-refractivity contribution in [2.24, 2.45) is 11.7 Å². The molecule has 25 heavy (non-hydrogen) atoms. The average molecular weight is 371 g/mol. The number of imide groups is 1. The van der Waals surface area contributed by atoms with Gasteiger partial charge in [-0.05, 0) is 18.1 Å². The number of carbonyl (C=O) groups is 3. The van der Waals surface area contributed by atoms with Crippen molar-refractivity contribution in [2.45, 2.75) is 26.4 Å². The third-order valence-corrected chi connectivity index (χ3v) is 3.66. The lowest BCUT2D eigenvalue weighted by atomic mass is 10.1. The first-order chi connectivity index (χ1) is 11.8. The second kappa shape index (κ2) is 8.06. The van der Waals surface area contributed by atoms with E-state index in [4.69, 9.17) is 31.5 Å². The SMILES string of the molecule is CC(C)[C@H](OC(=O)c1cc(Cl)c2c(c1)OCCCO2)C(=O)NC(N)=O. The molecule has 3 N–H and O–H groups in total. The van der Waals surface area contributed by atoms with Crippen molar-refractivity contribution in [3.63, 3.8) is 0 Å². The molecule has 136 valence electrons. The Kier molecular flexibility index (Phi) is 6.08. The molecule has 1 aromatic carbocycles. The lowest BCUT2D eigenvalue weighted by Crippen LogP contribution is -2.45. The maximum Gasteiger partial charge on any atom is 0.339 e. The van der Waals surface area contributed by atoms with Gasteiger partial charge in [-0.2, -0.15) is 0 Å². The van der Waals surface area contributed by atoms with E-state index in [1.165, 1.54) is 12.1 Å². The number of rotatable bonds is 4. The Bertz CT molecular complexity index is 691. The quantitative estimate of drug-likeness (QED) is 0.781. The summed E-state index contributed by atoms with van der Waals surface area (Å²) in [5, 5.41) is 2.11. The number of esters is 1. The molecule has 1 aliphatic heterocycles. The molecule has 9 heteroatoms. The summed E-state index contributed by atoms with van der Waals surface area (Å²) >= 11 is 6.14. The van der Waals surface area contributed by atoms with Gasteiger partial charge >= 0.3 is 12.0 Å². The summed E-state index contributed by atoms with van der Waals surface area (Å²) in [4.78, 5) is 35.2. The highest BCUT2D eigenvalue weighted by molar-refractivity contribution is 6.32. The van der Waals surface area contributed by atoms with Gasteiger partial charge in [0.2, 0.25) is 0 Å². The lowest BCUT2D eigenvalue weighted by Gasteiger charge is -2.20. The van der Waals surface area contributed by atoms with Gasteiger partial charge in [-0.1, -0.05) is 25.4 Å². The normalized spacial score (nSPS) is 14.4. The van der Waals surface area contributed by atoms with Crippen molar-refractivity contribution in [1.29, 1.82) is 0 Å². The van der Waals surface area contributed by atoms with Crippen molar-refractivity contribution in [1.82, 2.24) is 5.32 Å². The van der Waals surface area contributed by atoms with Crippen LogP contribution in [-0.4, -0.2) is 37.2 Å². The zero-order valence-electron chi connectivity index (χ0n) is 13.8. The van der Waals surface area contributed by atoms with Crippen molar-refractivity contribution < 1.29 is 28.6 Å². The van der Waals surface area contributed by atoms with Gasteiger partial charge in [0, 0.05) is 6.42 Å². The van der Waals surface area contributed by atoms with Gasteiger partial charge in [0.05, 0.1) is 23.8 Å². The van der Waals surface area contributed by atoms with E-state index in [9.17, 15) is 14.4 Å². The summed E-state index contributed by atoms with van der Waals surface area (Å²) in [5.41, 5.74) is 5.03. The molecule has 1 aromatic rings. The van der Waals surface area contributed by atoms with Crippen molar-refractivity contribution >= 4 is 29.5 Å². The van der Waals surface area contributed by atoms with Crippen LogP contribution in [0.25, 0.3) is 0 Å². The number of nitrogens with two attached hydrogens (primary N) is 1. The molecule has 0 bridgehead atoms. The fourth-order valence-corrected chi connectivity index (χ4v) is 2.48. The zero-order valence-corrected chi connectivity index (χ0v) is 14.6. The Morgan fingerprint density at radius 1 is 1.24 bits per heavy atom. The van der Waals surface area contributed by atoms with Crippen LogP contribution >= 0.6 is 11.6 Å². The number of urea groups is 1. The first kappa shape index (κ1) is 18.9. The predicted molar refractivity (Wildman–Crippen MR) is 88.8 cm³/mol. The summed E-state index contributed by atoms with van der Waals surface area (Å²) in [5.74, 6) is -1.26. The summed E-state index contributed by atoms with van der Waals surface area (Å²) < 4.78 is 16.2. The molecular weight excluding hydrogens is 352 g/mol. The van der Waals surface area contributed by atoms with Crippen LogP contribution in [0.15, 0.2) is 12.1 Å². The van der Waals surface area contributed by atoms with Gasteiger partial charge in [0.1, 0.15) is 0 Å². The molecule has 0 saturated carbocycles. The summed E-state index contributed by atoms with van der Waals surface area (Å²) in [6, 6.07) is 1.80. The fraction of sp³-hybridized carbons (Fsp3) is 0.438. The third kappa shape index (κ3) is 4.76. The van der Waals surface area contributed by atoms with Gasteiger partial charge in [-0.3, -0.25) is 10.1 Å². The molecule has 2 rings (SSSR count). The summed E-state index contributed by atoms with van der Waals surface area (Å²) in [6.45, 7) is 4.22. The van der Waals surface area contributed by atoms with E-state index in [1.807, 2.05) is 5.32 Å². The molecule has 1 atom stereocenters. The monoisotopic (exact) mass is 370 g/mol. The zero-order chi connectivity index (χ0) is 18.6. The number of primary amides is 1. The highest BCUT2D eigenvalue weighted by atomic mass is 35.5. The second-order valence-corrected chi connectivity index (χ2v) is 6.17. The number of ether oxygens (including phenoxy) is 3. The topological polar surface area (TPSA) is 117 Å². The molecule has 0 aromatic heterocycles. The molecular formula is C16H19ClN2O6. The van der Waals surface area contributed by atoms with Crippen LogP contribution in [0.4, 0.5) is 4.79 Å². The van der Waals surface area contributed by atoms with E-state index in [2.05, 4.69) is 0 Å². The molecule has 8 nitrogen and oxygen atoms in total. The number of carbonyl (C=O) groups excluding carboxylic acids is 3. The van der Waals surface area contributed by atoms with Crippen LogP contribution in [0.1, 0.15) is 30.6 Å². The number of halogens is 1. The lowest BCUT2D eigenvalue weighted by molar-refractivity contribution is -0.130.